The molecular weight excluding hydrogens is 558 g/mol. The second kappa shape index (κ2) is 12.1. The largest absolute Gasteiger partial charge is 0.456 e. The van der Waals surface area contributed by atoms with Crippen LogP contribution < -0.4 is 4.90 Å². The summed E-state index contributed by atoms with van der Waals surface area (Å²) in [5.41, 5.74) is 12.3. The fourth-order valence-electron chi connectivity index (χ4n) is 6.14. The number of furan rings is 1. The van der Waals surface area contributed by atoms with E-state index in [1.165, 1.54) is 33.4 Å². The first-order valence-corrected chi connectivity index (χ1v) is 15.6. The van der Waals surface area contributed by atoms with Crippen LogP contribution in [0.5, 0.6) is 0 Å². The van der Waals surface area contributed by atoms with Crippen molar-refractivity contribution in [2.45, 2.75) is 0 Å². The summed E-state index contributed by atoms with van der Waals surface area (Å²) in [6, 6.07) is 66.2. The van der Waals surface area contributed by atoms with E-state index in [0.29, 0.717) is 0 Å². The Morgan fingerprint density at radius 3 is 1.28 bits per heavy atom. The number of hydrogen-bond donors (Lipinski definition) is 0. The summed E-state index contributed by atoms with van der Waals surface area (Å²) in [6.07, 6.45) is 0. The minimum Gasteiger partial charge on any atom is -0.456 e. The molecule has 0 spiro atoms. The van der Waals surface area contributed by atoms with Crippen molar-refractivity contribution < 1.29 is 4.42 Å². The molecule has 0 bridgehead atoms. The Hall–Kier alpha value is -6.12. The van der Waals surface area contributed by atoms with Gasteiger partial charge in [-0.1, -0.05) is 140 Å². The van der Waals surface area contributed by atoms with Crippen molar-refractivity contribution in [2.24, 2.45) is 0 Å². The van der Waals surface area contributed by atoms with Gasteiger partial charge >= 0.3 is 0 Å². The van der Waals surface area contributed by atoms with Crippen molar-refractivity contribution >= 4 is 28.0 Å². The van der Waals surface area contributed by atoms with Crippen molar-refractivity contribution in [3.63, 3.8) is 0 Å². The lowest BCUT2D eigenvalue weighted by Gasteiger charge is -2.27. The second-order valence-corrected chi connectivity index (χ2v) is 11.4. The van der Waals surface area contributed by atoms with Crippen LogP contribution in [0.3, 0.4) is 0 Å². The van der Waals surface area contributed by atoms with E-state index in [4.69, 9.17) is 4.42 Å². The number of rotatable bonds is 7. The third kappa shape index (κ3) is 5.38. The molecule has 0 aliphatic rings. The first-order chi connectivity index (χ1) is 22.8. The lowest BCUT2D eigenvalue weighted by Crippen LogP contribution is -2.11. The monoisotopic (exact) mass is 589 g/mol. The summed E-state index contributed by atoms with van der Waals surface area (Å²) in [5, 5.41) is 1.09. The minimum absolute atomic E-state index is 0.845. The van der Waals surface area contributed by atoms with E-state index < -0.39 is 0 Å². The summed E-state index contributed by atoms with van der Waals surface area (Å²) in [7, 11) is 0. The molecule has 46 heavy (non-hydrogen) atoms. The van der Waals surface area contributed by atoms with Crippen molar-refractivity contribution in [1.29, 1.82) is 0 Å². The zero-order valence-electron chi connectivity index (χ0n) is 25.3. The lowest BCUT2D eigenvalue weighted by molar-refractivity contribution is 0.631. The molecule has 0 saturated carbocycles. The molecule has 8 rings (SSSR count). The maximum atomic E-state index is 6.39. The predicted molar refractivity (Wildman–Crippen MR) is 193 cm³/mol. The summed E-state index contributed by atoms with van der Waals surface area (Å²) in [6.45, 7) is 0. The van der Waals surface area contributed by atoms with Crippen LogP contribution in [0.4, 0.5) is 17.1 Å². The molecule has 0 radical (unpaired) electrons. The smallest absolute Gasteiger partial charge is 0.137 e. The normalized spacial score (nSPS) is 11.0. The molecule has 0 unspecified atom stereocenters. The van der Waals surface area contributed by atoms with Gasteiger partial charge in [-0.2, -0.15) is 0 Å². The predicted octanol–water partition coefficient (Wildman–Crippen LogP) is 12.6. The molecule has 0 fully saturated rings. The van der Waals surface area contributed by atoms with Gasteiger partial charge in [-0.15, -0.1) is 0 Å². The van der Waals surface area contributed by atoms with Crippen LogP contribution in [0.25, 0.3) is 55.7 Å². The average molecular weight is 590 g/mol. The Morgan fingerprint density at radius 1 is 0.348 bits per heavy atom. The number of fused-ring (bicyclic) bond motifs is 1. The maximum Gasteiger partial charge on any atom is 0.137 e. The first-order valence-electron chi connectivity index (χ1n) is 15.6. The van der Waals surface area contributed by atoms with Gasteiger partial charge in [-0.25, -0.2) is 0 Å². The average Bonchev–Trinajstić information content (AvgIpc) is 3.58. The number of hydrogen-bond acceptors (Lipinski definition) is 2. The third-order valence-electron chi connectivity index (χ3n) is 8.52. The van der Waals surface area contributed by atoms with Gasteiger partial charge in [0.2, 0.25) is 0 Å². The molecule has 8 aromatic rings. The Morgan fingerprint density at radius 2 is 0.761 bits per heavy atom. The standard InChI is InChI=1S/C44H31NO/c1-3-11-32(12-4-1)34-19-21-35(22-20-34)37-25-29-40(30-26-37)45(39-27-23-36(24-28-39)33-13-5-2-6-14-33)42-17-9-8-16-41(42)44-31-38-15-7-10-18-43(38)46-44/h1-31H. The quantitative estimate of drug-likeness (QED) is 0.184. The van der Waals surface area contributed by atoms with Crippen molar-refractivity contribution in [3.05, 3.63) is 188 Å². The Kier molecular flexibility index (Phi) is 7.22. The van der Waals surface area contributed by atoms with Crippen molar-refractivity contribution in [1.82, 2.24) is 0 Å². The van der Waals surface area contributed by atoms with Gasteiger partial charge < -0.3 is 9.32 Å². The van der Waals surface area contributed by atoms with Crippen LogP contribution in [0.1, 0.15) is 0 Å². The molecular formula is C44H31NO. The van der Waals surface area contributed by atoms with E-state index >= 15 is 0 Å². The molecule has 2 heteroatoms. The number of nitrogens with zero attached hydrogens (tertiary/aromatic N) is 1. The van der Waals surface area contributed by atoms with E-state index in [2.05, 4.69) is 175 Å². The van der Waals surface area contributed by atoms with Crippen LogP contribution >= 0.6 is 0 Å². The molecule has 0 N–H and O–H groups in total. The van der Waals surface area contributed by atoms with Crippen LogP contribution in [0.2, 0.25) is 0 Å². The van der Waals surface area contributed by atoms with E-state index in [0.717, 1.165) is 39.4 Å². The van der Waals surface area contributed by atoms with Gasteiger partial charge in [0.05, 0.1) is 5.69 Å². The van der Waals surface area contributed by atoms with Crippen molar-refractivity contribution in [2.75, 3.05) is 4.90 Å². The number of para-hydroxylation sites is 2. The zero-order valence-corrected chi connectivity index (χ0v) is 25.3. The van der Waals surface area contributed by atoms with Crippen LogP contribution in [-0.4, -0.2) is 0 Å². The molecule has 1 aromatic heterocycles. The van der Waals surface area contributed by atoms with E-state index in [1.807, 2.05) is 18.2 Å². The third-order valence-corrected chi connectivity index (χ3v) is 8.52. The molecule has 0 saturated heterocycles. The molecule has 7 aromatic carbocycles. The van der Waals surface area contributed by atoms with E-state index in [9.17, 15) is 0 Å². The molecule has 1 heterocycles. The Balaban J connectivity index is 1.20. The zero-order chi connectivity index (χ0) is 30.7. The topological polar surface area (TPSA) is 16.4 Å². The van der Waals surface area contributed by atoms with Gasteiger partial charge in [-0.05, 0) is 81.9 Å². The highest BCUT2D eigenvalue weighted by molar-refractivity contribution is 5.91. The van der Waals surface area contributed by atoms with Gasteiger partial charge in [0.25, 0.3) is 0 Å². The van der Waals surface area contributed by atoms with E-state index in [1.54, 1.807) is 0 Å². The Bertz CT molecular complexity index is 2180. The lowest BCUT2D eigenvalue weighted by atomic mass is 9.99. The highest BCUT2D eigenvalue weighted by Gasteiger charge is 2.19. The number of anilines is 3. The molecule has 2 nitrogen and oxygen atoms in total. The summed E-state index contributed by atoms with van der Waals surface area (Å²) < 4.78 is 6.39. The summed E-state index contributed by atoms with van der Waals surface area (Å²) >= 11 is 0. The molecule has 0 aliphatic heterocycles. The van der Waals surface area contributed by atoms with Gasteiger partial charge in [0, 0.05) is 22.3 Å². The molecule has 218 valence electrons. The highest BCUT2D eigenvalue weighted by Crippen LogP contribution is 2.43. The fourth-order valence-corrected chi connectivity index (χ4v) is 6.14. The van der Waals surface area contributed by atoms with Gasteiger partial charge in [0.15, 0.2) is 0 Å². The second-order valence-electron chi connectivity index (χ2n) is 11.4. The summed E-state index contributed by atoms with van der Waals surface area (Å²) in [5.74, 6) is 0.845. The summed E-state index contributed by atoms with van der Waals surface area (Å²) in [4.78, 5) is 2.32. The van der Waals surface area contributed by atoms with Crippen LogP contribution in [0, 0.1) is 0 Å². The first kappa shape index (κ1) is 27.4. The SMILES string of the molecule is c1ccc(-c2ccc(-c3ccc(N(c4ccc(-c5ccccc5)cc4)c4ccccc4-c4cc5ccccc5o4)cc3)cc2)cc1. The fraction of sp³-hybridized carbons (Fsp3) is 0. The highest BCUT2D eigenvalue weighted by atomic mass is 16.3. The minimum atomic E-state index is 0.845. The van der Waals surface area contributed by atoms with Crippen LogP contribution in [0.15, 0.2) is 192 Å². The molecule has 0 amide bonds. The van der Waals surface area contributed by atoms with Crippen molar-refractivity contribution in [3.8, 4) is 44.7 Å². The van der Waals surface area contributed by atoms with Gasteiger partial charge in [-0.3, -0.25) is 0 Å². The maximum absolute atomic E-state index is 6.39. The van der Waals surface area contributed by atoms with Gasteiger partial charge in [0.1, 0.15) is 11.3 Å². The van der Waals surface area contributed by atoms with E-state index in [-0.39, 0.29) is 0 Å². The number of benzene rings is 7. The molecule has 0 atom stereocenters. The molecule has 0 aliphatic carbocycles. The Labute approximate surface area is 269 Å². The van der Waals surface area contributed by atoms with Crippen LogP contribution in [-0.2, 0) is 0 Å².